The van der Waals surface area contributed by atoms with Gasteiger partial charge in [0.05, 0.1) is 17.6 Å². The standard InChI is InChI=1S/C26H24ClN3O3/c27-20-14-12-19(13-15-20)24(31)17-30-23-10-5-4-9-22(23)29-25(30)11-6-16-28-26(32)18-33-21-7-2-1-3-8-21/h1-5,7-10,12-15H,6,11,16-18H2,(H,28,32). The number of aryl methyl sites for hydroxylation is 1. The summed E-state index contributed by atoms with van der Waals surface area (Å²) in [6.45, 7) is 0.651. The minimum Gasteiger partial charge on any atom is -0.484 e. The van der Waals surface area contributed by atoms with Gasteiger partial charge in [-0.3, -0.25) is 9.59 Å². The fourth-order valence-electron chi connectivity index (χ4n) is 3.55. The fourth-order valence-corrected chi connectivity index (χ4v) is 3.68. The van der Waals surface area contributed by atoms with Crippen molar-refractivity contribution in [1.29, 1.82) is 0 Å². The van der Waals surface area contributed by atoms with Crippen molar-refractivity contribution >= 4 is 34.3 Å². The molecule has 1 heterocycles. The SMILES string of the molecule is O=C(COc1ccccc1)NCCCc1nc2ccccc2n1CC(=O)c1ccc(Cl)cc1. The van der Waals surface area contributed by atoms with Gasteiger partial charge < -0.3 is 14.6 Å². The van der Waals surface area contributed by atoms with Gasteiger partial charge in [-0.25, -0.2) is 4.98 Å². The van der Waals surface area contributed by atoms with E-state index >= 15 is 0 Å². The molecule has 0 unspecified atom stereocenters. The highest BCUT2D eigenvalue weighted by Gasteiger charge is 2.15. The minimum absolute atomic E-state index is 0.0116. The molecule has 1 aromatic heterocycles. The second-order valence-electron chi connectivity index (χ2n) is 7.59. The normalized spacial score (nSPS) is 10.8. The molecule has 0 aliphatic rings. The number of fused-ring (bicyclic) bond motifs is 1. The summed E-state index contributed by atoms with van der Waals surface area (Å²) >= 11 is 5.94. The molecule has 0 aliphatic carbocycles. The van der Waals surface area contributed by atoms with Crippen LogP contribution in [0.4, 0.5) is 0 Å². The first-order valence-electron chi connectivity index (χ1n) is 10.8. The number of carbonyl (C=O) groups excluding carboxylic acids is 2. The van der Waals surface area contributed by atoms with E-state index in [0.29, 0.717) is 35.7 Å². The van der Waals surface area contributed by atoms with Crippen molar-refractivity contribution in [2.24, 2.45) is 0 Å². The highest BCUT2D eigenvalue weighted by Crippen LogP contribution is 2.19. The molecule has 0 spiro atoms. The first-order chi connectivity index (χ1) is 16.1. The second-order valence-corrected chi connectivity index (χ2v) is 8.02. The van der Waals surface area contributed by atoms with E-state index in [1.165, 1.54) is 0 Å². The quantitative estimate of drug-likeness (QED) is 0.274. The molecule has 6 nitrogen and oxygen atoms in total. The summed E-state index contributed by atoms with van der Waals surface area (Å²) in [5.74, 6) is 1.28. The topological polar surface area (TPSA) is 73.2 Å². The Labute approximate surface area is 197 Å². The Morgan fingerprint density at radius 1 is 0.939 bits per heavy atom. The molecule has 0 saturated heterocycles. The summed E-state index contributed by atoms with van der Waals surface area (Å²) in [4.78, 5) is 29.6. The Balaban J connectivity index is 1.35. The molecule has 0 saturated carbocycles. The summed E-state index contributed by atoms with van der Waals surface area (Å²) < 4.78 is 7.41. The summed E-state index contributed by atoms with van der Waals surface area (Å²) in [5.41, 5.74) is 2.36. The van der Waals surface area contributed by atoms with E-state index in [9.17, 15) is 9.59 Å². The third-order valence-electron chi connectivity index (χ3n) is 5.21. The molecule has 4 rings (SSSR count). The van der Waals surface area contributed by atoms with Gasteiger partial charge in [-0.1, -0.05) is 41.9 Å². The lowest BCUT2D eigenvalue weighted by molar-refractivity contribution is -0.123. The van der Waals surface area contributed by atoms with Crippen LogP contribution in [-0.2, 0) is 17.8 Å². The predicted octanol–water partition coefficient (Wildman–Crippen LogP) is 4.70. The number of nitrogens with zero attached hydrogens (tertiary/aromatic N) is 2. The van der Waals surface area contributed by atoms with E-state index in [2.05, 4.69) is 5.32 Å². The van der Waals surface area contributed by atoms with Gasteiger partial charge in [-0.2, -0.15) is 0 Å². The molecule has 0 atom stereocenters. The van der Waals surface area contributed by atoms with Crippen LogP contribution in [0, 0.1) is 0 Å². The Bertz CT molecular complexity index is 1240. The highest BCUT2D eigenvalue weighted by molar-refractivity contribution is 6.30. The molecule has 7 heteroatoms. The number of carbonyl (C=O) groups is 2. The van der Waals surface area contributed by atoms with Crippen LogP contribution in [-0.4, -0.2) is 34.4 Å². The number of para-hydroxylation sites is 3. The van der Waals surface area contributed by atoms with Crippen LogP contribution >= 0.6 is 11.6 Å². The number of imidazole rings is 1. The lowest BCUT2D eigenvalue weighted by Crippen LogP contribution is -2.30. The number of hydrogen-bond donors (Lipinski definition) is 1. The molecule has 4 aromatic rings. The largest absolute Gasteiger partial charge is 0.484 e. The number of hydrogen-bond acceptors (Lipinski definition) is 4. The molecule has 3 aromatic carbocycles. The Morgan fingerprint density at radius 3 is 2.45 bits per heavy atom. The maximum absolute atomic E-state index is 12.9. The second kappa shape index (κ2) is 10.8. The van der Waals surface area contributed by atoms with Crippen LogP contribution in [0.25, 0.3) is 11.0 Å². The molecule has 0 fully saturated rings. The zero-order chi connectivity index (χ0) is 23.0. The van der Waals surface area contributed by atoms with Crippen molar-refractivity contribution < 1.29 is 14.3 Å². The third-order valence-corrected chi connectivity index (χ3v) is 5.47. The summed E-state index contributed by atoms with van der Waals surface area (Å²) in [6, 6.07) is 23.9. The summed E-state index contributed by atoms with van der Waals surface area (Å²) in [7, 11) is 0. The average Bonchev–Trinajstić information content (AvgIpc) is 3.18. The Morgan fingerprint density at radius 2 is 1.67 bits per heavy atom. The zero-order valence-corrected chi connectivity index (χ0v) is 18.8. The highest BCUT2D eigenvalue weighted by atomic mass is 35.5. The molecule has 1 amide bonds. The molecular formula is C26H24ClN3O3. The lowest BCUT2D eigenvalue weighted by atomic mass is 10.1. The number of ketones is 1. The fraction of sp³-hybridized carbons (Fsp3) is 0.192. The minimum atomic E-state index is -0.176. The van der Waals surface area contributed by atoms with E-state index in [1.54, 1.807) is 24.3 Å². The van der Waals surface area contributed by atoms with E-state index < -0.39 is 0 Å². The van der Waals surface area contributed by atoms with Gasteiger partial charge in [0, 0.05) is 23.6 Å². The van der Waals surface area contributed by atoms with E-state index in [1.807, 2.05) is 59.2 Å². The average molecular weight is 462 g/mol. The van der Waals surface area contributed by atoms with Gasteiger partial charge >= 0.3 is 0 Å². The van der Waals surface area contributed by atoms with Crippen molar-refractivity contribution in [3.05, 3.63) is 95.3 Å². The smallest absolute Gasteiger partial charge is 0.257 e. The van der Waals surface area contributed by atoms with Crippen LogP contribution in [0.2, 0.25) is 5.02 Å². The van der Waals surface area contributed by atoms with Gasteiger partial charge in [0.25, 0.3) is 5.91 Å². The van der Waals surface area contributed by atoms with Crippen molar-refractivity contribution in [2.75, 3.05) is 13.2 Å². The Hall–Kier alpha value is -3.64. The summed E-state index contributed by atoms with van der Waals surface area (Å²) in [5, 5.41) is 3.46. The lowest BCUT2D eigenvalue weighted by Gasteiger charge is -2.10. The first kappa shape index (κ1) is 22.6. The van der Waals surface area contributed by atoms with Gasteiger partial charge in [0.2, 0.25) is 0 Å². The molecule has 1 N–H and O–H groups in total. The number of ether oxygens (including phenoxy) is 1. The number of aromatic nitrogens is 2. The van der Waals surface area contributed by atoms with Crippen molar-refractivity contribution in [3.8, 4) is 5.75 Å². The zero-order valence-electron chi connectivity index (χ0n) is 18.0. The number of amides is 1. The Kier molecular flexibility index (Phi) is 7.37. The molecular weight excluding hydrogens is 438 g/mol. The van der Waals surface area contributed by atoms with Crippen LogP contribution in [0.1, 0.15) is 22.6 Å². The predicted molar refractivity (Wildman–Crippen MR) is 129 cm³/mol. The third kappa shape index (κ3) is 5.99. The van der Waals surface area contributed by atoms with Crippen molar-refractivity contribution in [1.82, 2.24) is 14.9 Å². The van der Waals surface area contributed by atoms with Crippen molar-refractivity contribution in [3.63, 3.8) is 0 Å². The van der Waals surface area contributed by atoms with E-state index in [-0.39, 0.29) is 24.8 Å². The molecule has 168 valence electrons. The van der Waals surface area contributed by atoms with Gasteiger partial charge in [0.15, 0.2) is 12.4 Å². The van der Waals surface area contributed by atoms with Crippen LogP contribution in [0.5, 0.6) is 5.75 Å². The van der Waals surface area contributed by atoms with Crippen LogP contribution in [0.3, 0.4) is 0 Å². The van der Waals surface area contributed by atoms with Gasteiger partial charge in [0.1, 0.15) is 11.6 Å². The molecule has 33 heavy (non-hydrogen) atoms. The number of nitrogens with one attached hydrogen (secondary N) is 1. The number of rotatable bonds is 10. The van der Waals surface area contributed by atoms with Crippen LogP contribution in [0.15, 0.2) is 78.9 Å². The maximum atomic E-state index is 12.9. The number of benzene rings is 3. The molecule has 0 bridgehead atoms. The first-order valence-corrected chi connectivity index (χ1v) is 11.2. The maximum Gasteiger partial charge on any atom is 0.257 e. The van der Waals surface area contributed by atoms with E-state index in [4.69, 9.17) is 21.3 Å². The summed E-state index contributed by atoms with van der Waals surface area (Å²) in [6.07, 6.45) is 1.32. The van der Waals surface area contributed by atoms with E-state index in [0.717, 1.165) is 16.9 Å². The molecule has 0 radical (unpaired) electrons. The molecule has 0 aliphatic heterocycles. The number of halogens is 1. The van der Waals surface area contributed by atoms with Gasteiger partial charge in [-0.15, -0.1) is 0 Å². The van der Waals surface area contributed by atoms with Gasteiger partial charge in [-0.05, 0) is 55.0 Å². The number of Topliss-reactive ketones (excluding diaryl/α,β-unsaturated/α-hetero) is 1. The monoisotopic (exact) mass is 461 g/mol. The van der Waals surface area contributed by atoms with Crippen molar-refractivity contribution in [2.45, 2.75) is 19.4 Å². The van der Waals surface area contributed by atoms with Crippen LogP contribution < -0.4 is 10.1 Å².